The van der Waals surface area contributed by atoms with E-state index < -0.39 is 10.0 Å². The highest BCUT2D eigenvalue weighted by atomic mass is 35.5. The maximum atomic E-state index is 12.1. The van der Waals surface area contributed by atoms with Gasteiger partial charge >= 0.3 is 0 Å². The largest absolute Gasteiger partial charge is 0.398 e. The molecule has 0 heterocycles. The predicted molar refractivity (Wildman–Crippen MR) is 85.2 cm³/mol. The first-order chi connectivity index (χ1) is 9.74. The number of likely N-dealkylation sites (N-methyl/N-ethyl adjacent to an activating group) is 1. The van der Waals surface area contributed by atoms with Crippen LogP contribution in [0.3, 0.4) is 0 Å². The molecule has 0 aliphatic carbocycles. The molecule has 3 N–H and O–H groups in total. The minimum atomic E-state index is -3.69. The van der Waals surface area contributed by atoms with Crippen LogP contribution < -0.4 is 10.5 Å². The SMILES string of the molecule is Cc1cc(Cl)c(S(=O)(=O)NCCOCCN(C)C)cc1N. The molecule has 8 heteroatoms. The van der Waals surface area contributed by atoms with Gasteiger partial charge in [-0.1, -0.05) is 11.6 Å². The number of nitrogens with one attached hydrogen (secondary N) is 1. The lowest BCUT2D eigenvalue weighted by Gasteiger charge is -2.12. The van der Waals surface area contributed by atoms with Gasteiger partial charge in [0.1, 0.15) is 4.90 Å². The number of nitrogen functional groups attached to an aromatic ring is 1. The Hall–Kier alpha value is -0.860. The average Bonchev–Trinajstić information content (AvgIpc) is 2.37. The molecule has 0 atom stereocenters. The average molecular weight is 336 g/mol. The van der Waals surface area contributed by atoms with E-state index >= 15 is 0 Å². The van der Waals surface area contributed by atoms with Crippen molar-refractivity contribution >= 4 is 27.3 Å². The van der Waals surface area contributed by atoms with Crippen LogP contribution in [0.5, 0.6) is 0 Å². The van der Waals surface area contributed by atoms with E-state index in [0.29, 0.717) is 18.9 Å². The molecular weight excluding hydrogens is 314 g/mol. The second-order valence-electron chi connectivity index (χ2n) is 4.95. The molecule has 0 fully saturated rings. The third-order valence-corrected chi connectivity index (χ3v) is 4.76. The lowest BCUT2D eigenvalue weighted by molar-refractivity contribution is 0.122. The fraction of sp³-hybridized carbons (Fsp3) is 0.538. The fourth-order valence-corrected chi connectivity index (χ4v) is 3.18. The Bertz CT molecular complexity index is 576. The first-order valence-electron chi connectivity index (χ1n) is 6.52. The van der Waals surface area contributed by atoms with Crippen molar-refractivity contribution in [3.8, 4) is 0 Å². The van der Waals surface area contributed by atoms with Gasteiger partial charge in [-0.25, -0.2) is 13.1 Å². The third kappa shape index (κ3) is 5.80. The number of nitrogens with two attached hydrogens (primary N) is 1. The molecule has 0 saturated carbocycles. The van der Waals surface area contributed by atoms with E-state index in [1.54, 1.807) is 13.0 Å². The number of anilines is 1. The number of hydrogen-bond donors (Lipinski definition) is 2. The smallest absolute Gasteiger partial charge is 0.242 e. The van der Waals surface area contributed by atoms with Crippen LogP contribution in [0.4, 0.5) is 5.69 Å². The third-order valence-electron chi connectivity index (χ3n) is 2.83. The summed E-state index contributed by atoms with van der Waals surface area (Å²) in [5.74, 6) is 0. The summed E-state index contributed by atoms with van der Waals surface area (Å²) in [5.41, 5.74) is 6.86. The van der Waals surface area contributed by atoms with Crippen LogP contribution in [-0.2, 0) is 14.8 Å². The zero-order valence-corrected chi connectivity index (χ0v) is 14.1. The minimum Gasteiger partial charge on any atom is -0.398 e. The number of ether oxygens (including phenoxy) is 1. The number of rotatable bonds is 8. The lowest BCUT2D eigenvalue weighted by Crippen LogP contribution is -2.28. The monoisotopic (exact) mass is 335 g/mol. The maximum absolute atomic E-state index is 12.1. The highest BCUT2D eigenvalue weighted by Gasteiger charge is 2.18. The molecule has 0 aromatic heterocycles. The van der Waals surface area contributed by atoms with E-state index in [4.69, 9.17) is 22.1 Å². The van der Waals surface area contributed by atoms with Crippen LogP contribution in [0.15, 0.2) is 17.0 Å². The Kier molecular flexibility index (Phi) is 6.89. The first kappa shape index (κ1) is 18.2. The molecule has 0 amide bonds. The number of halogens is 1. The number of benzene rings is 1. The van der Waals surface area contributed by atoms with Crippen molar-refractivity contribution in [1.82, 2.24) is 9.62 Å². The Morgan fingerprint density at radius 2 is 2.00 bits per heavy atom. The molecule has 6 nitrogen and oxygen atoms in total. The zero-order valence-electron chi connectivity index (χ0n) is 12.5. The van der Waals surface area contributed by atoms with Gasteiger partial charge in [0.05, 0.1) is 18.2 Å². The van der Waals surface area contributed by atoms with Crippen molar-refractivity contribution in [3.63, 3.8) is 0 Å². The summed E-state index contributed by atoms with van der Waals surface area (Å²) in [6.07, 6.45) is 0. The standard InChI is InChI=1S/C13H22ClN3O3S/c1-10-8-11(14)13(9-12(10)15)21(18,19)16-4-6-20-7-5-17(2)3/h8-9,16H,4-7,15H2,1-3H3. The van der Waals surface area contributed by atoms with E-state index in [0.717, 1.165) is 12.1 Å². The summed E-state index contributed by atoms with van der Waals surface area (Å²) in [4.78, 5) is 1.97. The van der Waals surface area contributed by atoms with Gasteiger partial charge in [-0.3, -0.25) is 0 Å². The molecule has 1 rings (SSSR count). The van der Waals surface area contributed by atoms with Gasteiger partial charge in [-0.2, -0.15) is 0 Å². The second kappa shape index (κ2) is 7.95. The summed E-state index contributed by atoms with van der Waals surface area (Å²) in [5, 5.41) is 0.155. The molecule has 0 saturated heterocycles. The van der Waals surface area contributed by atoms with Gasteiger partial charge in [0, 0.05) is 18.8 Å². The molecule has 0 unspecified atom stereocenters. The van der Waals surface area contributed by atoms with E-state index in [1.165, 1.54) is 6.07 Å². The van der Waals surface area contributed by atoms with Gasteiger partial charge in [-0.15, -0.1) is 0 Å². The number of nitrogens with zero attached hydrogens (tertiary/aromatic N) is 1. The molecule has 1 aromatic carbocycles. The van der Waals surface area contributed by atoms with Crippen LogP contribution in [0.1, 0.15) is 5.56 Å². The van der Waals surface area contributed by atoms with Crippen LogP contribution in [0, 0.1) is 6.92 Å². The van der Waals surface area contributed by atoms with Crippen molar-refractivity contribution < 1.29 is 13.2 Å². The Balaban J connectivity index is 2.56. The summed E-state index contributed by atoms with van der Waals surface area (Å²) in [6.45, 7) is 3.58. The number of aryl methyl sites for hydroxylation is 1. The molecular formula is C13H22ClN3O3S. The van der Waals surface area contributed by atoms with Gasteiger partial charge < -0.3 is 15.4 Å². The molecule has 120 valence electrons. The van der Waals surface area contributed by atoms with E-state index in [9.17, 15) is 8.42 Å². The van der Waals surface area contributed by atoms with Crippen molar-refractivity contribution in [2.24, 2.45) is 0 Å². The number of sulfonamides is 1. The molecule has 0 aliphatic rings. The van der Waals surface area contributed by atoms with Gasteiger partial charge in [0.15, 0.2) is 0 Å². The normalized spacial score (nSPS) is 12.0. The van der Waals surface area contributed by atoms with Gasteiger partial charge in [-0.05, 0) is 38.7 Å². The topological polar surface area (TPSA) is 84.7 Å². The minimum absolute atomic E-state index is 0.0134. The van der Waals surface area contributed by atoms with Gasteiger partial charge in [0.25, 0.3) is 0 Å². The van der Waals surface area contributed by atoms with Crippen molar-refractivity contribution in [1.29, 1.82) is 0 Å². The summed E-state index contributed by atoms with van der Waals surface area (Å²) >= 11 is 5.97. The van der Waals surface area contributed by atoms with Crippen molar-refractivity contribution in [3.05, 3.63) is 22.7 Å². The summed E-state index contributed by atoms with van der Waals surface area (Å²) in [7, 11) is 0.195. The Labute approximate surface area is 131 Å². The lowest BCUT2D eigenvalue weighted by atomic mass is 10.2. The van der Waals surface area contributed by atoms with Crippen LogP contribution in [0.2, 0.25) is 5.02 Å². The first-order valence-corrected chi connectivity index (χ1v) is 8.38. The van der Waals surface area contributed by atoms with Crippen molar-refractivity contribution in [2.45, 2.75) is 11.8 Å². The fourth-order valence-electron chi connectivity index (χ4n) is 1.55. The zero-order chi connectivity index (χ0) is 16.0. The highest BCUT2D eigenvalue weighted by molar-refractivity contribution is 7.89. The molecule has 21 heavy (non-hydrogen) atoms. The van der Waals surface area contributed by atoms with E-state index in [1.807, 2.05) is 19.0 Å². The Morgan fingerprint density at radius 3 is 2.62 bits per heavy atom. The van der Waals surface area contributed by atoms with Crippen LogP contribution in [-0.4, -0.2) is 53.7 Å². The summed E-state index contributed by atoms with van der Waals surface area (Å²) < 4.78 is 32.1. The maximum Gasteiger partial charge on any atom is 0.242 e. The Morgan fingerprint density at radius 1 is 1.33 bits per heavy atom. The quantitative estimate of drug-likeness (QED) is 0.548. The predicted octanol–water partition coefficient (Wildman–Crippen LogP) is 1.09. The van der Waals surface area contributed by atoms with E-state index in [-0.39, 0.29) is 16.5 Å². The molecule has 0 radical (unpaired) electrons. The van der Waals surface area contributed by atoms with E-state index in [2.05, 4.69) is 4.72 Å². The summed E-state index contributed by atoms with van der Waals surface area (Å²) in [6, 6.07) is 2.91. The van der Waals surface area contributed by atoms with Crippen LogP contribution >= 0.6 is 11.6 Å². The molecule has 0 spiro atoms. The molecule has 1 aromatic rings. The molecule has 0 aliphatic heterocycles. The van der Waals surface area contributed by atoms with Crippen molar-refractivity contribution in [2.75, 3.05) is 46.1 Å². The van der Waals surface area contributed by atoms with Gasteiger partial charge in [0.2, 0.25) is 10.0 Å². The molecule has 0 bridgehead atoms. The second-order valence-corrected chi connectivity index (χ2v) is 7.10. The highest BCUT2D eigenvalue weighted by Crippen LogP contribution is 2.26. The number of hydrogen-bond acceptors (Lipinski definition) is 5. The van der Waals surface area contributed by atoms with Crippen LogP contribution in [0.25, 0.3) is 0 Å².